The Hall–Kier alpha value is -1.69. The van der Waals surface area contributed by atoms with Crippen LogP contribution in [0.4, 0.5) is 11.4 Å². The van der Waals surface area contributed by atoms with Crippen LogP contribution >= 0.6 is 11.8 Å². The summed E-state index contributed by atoms with van der Waals surface area (Å²) in [4.78, 5) is 10.7. The molecule has 0 saturated carbocycles. The van der Waals surface area contributed by atoms with Crippen molar-refractivity contribution < 1.29 is 4.74 Å². The molecule has 0 bridgehead atoms. The van der Waals surface area contributed by atoms with E-state index in [1.165, 1.54) is 98.8 Å². The molecule has 0 spiro atoms. The van der Waals surface area contributed by atoms with Crippen LogP contribution in [0.15, 0.2) is 52.3 Å². The molecule has 5 rings (SSSR count). The summed E-state index contributed by atoms with van der Waals surface area (Å²) in [6.07, 6.45) is 9.46. The van der Waals surface area contributed by atoms with Crippen LogP contribution in [0.1, 0.15) is 44.9 Å². The van der Waals surface area contributed by atoms with Gasteiger partial charge in [-0.15, -0.1) is 0 Å². The number of fused-ring (bicyclic) bond motifs is 2. The molecule has 5 heteroatoms. The van der Waals surface area contributed by atoms with Crippen molar-refractivity contribution in [2.24, 2.45) is 0 Å². The first-order chi connectivity index (χ1) is 15.8. The predicted molar refractivity (Wildman–Crippen MR) is 135 cm³/mol. The topological polar surface area (TPSA) is 19.0 Å². The highest BCUT2D eigenvalue weighted by atomic mass is 32.2. The largest absolute Gasteiger partial charge is 0.497 e. The number of methoxy groups -OCH3 is 1. The fourth-order valence-electron chi connectivity index (χ4n) is 5.57. The zero-order valence-electron chi connectivity index (χ0n) is 19.5. The monoisotopic (exact) mass is 451 g/mol. The normalized spacial score (nSPS) is 20.1. The number of benzene rings is 2. The van der Waals surface area contributed by atoms with Crippen LogP contribution in [0.5, 0.6) is 5.75 Å². The van der Waals surface area contributed by atoms with E-state index >= 15 is 0 Å². The summed E-state index contributed by atoms with van der Waals surface area (Å²) < 4.78 is 5.53. The van der Waals surface area contributed by atoms with E-state index < -0.39 is 0 Å². The van der Waals surface area contributed by atoms with Gasteiger partial charge >= 0.3 is 0 Å². The van der Waals surface area contributed by atoms with Crippen LogP contribution < -0.4 is 9.64 Å². The van der Waals surface area contributed by atoms with Gasteiger partial charge in [-0.25, -0.2) is 0 Å². The third kappa shape index (κ3) is 4.95. The zero-order valence-corrected chi connectivity index (χ0v) is 20.3. The summed E-state index contributed by atoms with van der Waals surface area (Å²) in [5, 5.41) is 0. The number of unbranched alkanes of at least 4 members (excludes halogenated alkanes) is 1. The molecule has 0 unspecified atom stereocenters. The second-order valence-electron chi connectivity index (χ2n) is 9.43. The molecule has 0 atom stereocenters. The molecule has 32 heavy (non-hydrogen) atoms. The highest BCUT2D eigenvalue weighted by Gasteiger charge is 2.26. The van der Waals surface area contributed by atoms with Gasteiger partial charge < -0.3 is 19.4 Å². The Morgan fingerprint density at radius 3 is 2.41 bits per heavy atom. The first-order valence-electron chi connectivity index (χ1n) is 12.5. The molecule has 2 saturated heterocycles. The van der Waals surface area contributed by atoms with E-state index in [0.29, 0.717) is 0 Å². The molecule has 2 aromatic carbocycles. The van der Waals surface area contributed by atoms with Gasteiger partial charge in [-0.1, -0.05) is 30.3 Å². The molecule has 0 aromatic heterocycles. The standard InChI is InChI=1S/C27H37N3OS/c1-31-23-11-12-27-25(21-23)30(24-9-3-4-10-26(24)32-27)18-8-7-15-28-19-13-22(14-20-28)29-16-5-2-6-17-29/h3-4,9-12,21-22H,2,5-8,13-20H2,1H3. The van der Waals surface area contributed by atoms with Crippen molar-refractivity contribution in [2.45, 2.75) is 60.8 Å². The molecule has 3 aliphatic rings. The Labute approximate surface area is 197 Å². The van der Waals surface area contributed by atoms with Crippen LogP contribution in [-0.2, 0) is 0 Å². The van der Waals surface area contributed by atoms with Crippen LogP contribution in [-0.4, -0.2) is 62.2 Å². The Bertz CT molecular complexity index is 890. The van der Waals surface area contributed by atoms with Crippen molar-refractivity contribution in [1.82, 2.24) is 9.80 Å². The average molecular weight is 452 g/mol. The van der Waals surface area contributed by atoms with Gasteiger partial charge in [-0.3, -0.25) is 0 Å². The maximum absolute atomic E-state index is 5.53. The molecule has 3 aliphatic heterocycles. The predicted octanol–water partition coefficient (Wildman–Crippen LogP) is 6.03. The Balaban J connectivity index is 1.15. The van der Waals surface area contributed by atoms with Gasteiger partial charge in [0.25, 0.3) is 0 Å². The third-order valence-corrected chi connectivity index (χ3v) is 8.53. The summed E-state index contributed by atoms with van der Waals surface area (Å²) in [6.45, 7) is 7.54. The molecular formula is C27H37N3OS. The summed E-state index contributed by atoms with van der Waals surface area (Å²) in [6, 6.07) is 16.1. The van der Waals surface area contributed by atoms with Gasteiger partial charge in [-0.05, 0) is 95.5 Å². The van der Waals surface area contributed by atoms with Gasteiger partial charge in [0.05, 0.1) is 18.5 Å². The summed E-state index contributed by atoms with van der Waals surface area (Å²) in [5.74, 6) is 0.935. The van der Waals surface area contributed by atoms with Crippen LogP contribution in [0.2, 0.25) is 0 Å². The van der Waals surface area contributed by atoms with Crippen molar-refractivity contribution in [3.63, 3.8) is 0 Å². The van der Waals surface area contributed by atoms with Crippen molar-refractivity contribution >= 4 is 23.1 Å². The second-order valence-corrected chi connectivity index (χ2v) is 10.5. The number of likely N-dealkylation sites (tertiary alicyclic amines) is 2. The minimum atomic E-state index is 0.848. The number of hydrogen-bond acceptors (Lipinski definition) is 5. The van der Waals surface area contributed by atoms with E-state index in [9.17, 15) is 0 Å². The smallest absolute Gasteiger partial charge is 0.121 e. The molecule has 0 aliphatic carbocycles. The summed E-state index contributed by atoms with van der Waals surface area (Å²) >= 11 is 1.87. The lowest BCUT2D eigenvalue weighted by Gasteiger charge is -2.40. The number of anilines is 2. The number of piperidine rings is 2. The molecular weight excluding hydrogens is 414 g/mol. The van der Waals surface area contributed by atoms with Crippen LogP contribution in [0.25, 0.3) is 0 Å². The number of para-hydroxylation sites is 1. The quantitative estimate of drug-likeness (QED) is 0.477. The molecule has 0 N–H and O–H groups in total. The van der Waals surface area contributed by atoms with Crippen LogP contribution in [0, 0.1) is 0 Å². The van der Waals surface area contributed by atoms with Crippen molar-refractivity contribution in [3.8, 4) is 5.75 Å². The lowest BCUT2D eigenvalue weighted by molar-refractivity contribution is 0.0920. The second kappa shape index (κ2) is 10.5. The number of rotatable bonds is 7. The first-order valence-corrected chi connectivity index (χ1v) is 13.3. The molecule has 0 amide bonds. The third-order valence-electron chi connectivity index (χ3n) is 7.40. The Morgan fingerprint density at radius 1 is 0.844 bits per heavy atom. The number of nitrogens with zero attached hydrogens (tertiary/aromatic N) is 3. The Kier molecular flexibility index (Phi) is 7.25. The van der Waals surface area contributed by atoms with E-state index in [2.05, 4.69) is 57.2 Å². The SMILES string of the molecule is COc1ccc2c(c1)N(CCCCN1CCC(N3CCCCC3)CC1)c1ccccc1S2. The first kappa shape index (κ1) is 22.1. The summed E-state index contributed by atoms with van der Waals surface area (Å²) in [7, 11) is 1.75. The van der Waals surface area contributed by atoms with Crippen LogP contribution in [0.3, 0.4) is 0 Å². The molecule has 0 radical (unpaired) electrons. The van der Waals surface area contributed by atoms with Gasteiger partial charge in [0, 0.05) is 28.4 Å². The maximum Gasteiger partial charge on any atom is 0.121 e. The van der Waals surface area contributed by atoms with Gasteiger partial charge in [-0.2, -0.15) is 0 Å². The Morgan fingerprint density at radius 2 is 1.59 bits per heavy atom. The summed E-state index contributed by atoms with van der Waals surface area (Å²) in [5.41, 5.74) is 2.62. The van der Waals surface area contributed by atoms with E-state index in [0.717, 1.165) is 18.3 Å². The fraction of sp³-hybridized carbons (Fsp3) is 0.556. The van der Waals surface area contributed by atoms with Crippen molar-refractivity contribution in [1.29, 1.82) is 0 Å². The molecule has 3 heterocycles. The van der Waals surface area contributed by atoms with E-state index in [1.807, 2.05) is 11.8 Å². The zero-order chi connectivity index (χ0) is 21.8. The van der Waals surface area contributed by atoms with E-state index in [4.69, 9.17) is 4.74 Å². The van der Waals surface area contributed by atoms with E-state index in [-0.39, 0.29) is 0 Å². The lowest BCUT2D eigenvalue weighted by atomic mass is 10.00. The minimum absolute atomic E-state index is 0.848. The molecule has 2 aromatic rings. The van der Waals surface area contributed by atoms with Gasteiger partial charge in [0.2, 0.25) is 0 Å². The number of hydrogen-bond donors (Lipinski definition) is 0. The molecule has 4 nitrogen and oxygen atoms in total. The van der Waals surface area contributed by atoms with E-state index in [1.54, 1.807) is 7.11 Å². The molecule has 2 fully saturated rings. The van der Waals surface area contributed by atoms with Crippen molar-refractivity contribution in [3.05, 3.63) is 42.5 Å². The molecule has 172 valence electrons. The lowest BCUT2D eigenvalue weighted by Crippen LogP contribution is -2.46. The average Bonchev–Trinajstić information content (AvgIpc) is 2.86. The van der Waals surface area contributed by atoms with Crippen molar-refractivity contribution in [2.75, 3.05) is 51.3 Å². The minimum Gasteiger partial charge on any atom is -0.497 e. The van der Waals surface area contributed by atoms with Gasteiger partial charge in [0.15, 0.2) is 0 Å². The van der Waals surface area contributed by atoms with Gasteiger partial charge in [0.1, 0.15) is 5.75 Å². The highest BCUT2D eigenvalue weighted by molar-refractivity contribution is 7.99. The number of ether oxygens (including phenoxy) is 1. The maximum atomic E-state index is 5.53. The fourth-order valence-corrected chi connectivity index (χ4v) is 6.65. The highest BCUT2D eigenvalue weighted by Crippen LogP contribution is 2.49.